The van der Waals surface area contributed by atoms with E-state index in [1.165, 1.54) is 17.5 Å². The zero-order chi connectivity index (χ0) is 17.8. The SMILES string of the molecule is CCC/C=C/C[C@H](CB1OC(C)(C)C(C)(C)O1)c1ccccc1C. The molecule has 0 N–H and O–H groups in total. The maximum atomic E-state index is 6.24. The second kappa shape index (κ2) is 7.88. The van der Waals surface area contributed by atoms with Crippen molar-refractivity contribution in [2.24, 2.45) is 0 Å². The van der Waals surface area contributed by atoms with Gasteiger partial charge in [-0.15, -0.1) is 0 Å². The summed E-state index contributed by atoms with van der Waals surface area (Å²) in [5, 5.41) is 0. The Morgan fingerprint density at radius 3 is 2.25 bits per heavy atom. The lowest BCUT2D eigenvalue weighted by atomic mass is 9.72. The fraction of sp³-hybridized carbons (Fsp3) is 0.619. The van der Waals surface area contributed by atoms with Crippen LogP contribution in [0.2, 0.25) is 6.32 Å². The minimum Gasteiger partial charge on any atom is -0.403 e. The maximum Gasteiger partial charge on any atom is 0.458 e. The monoisotopic (exact) mass is 328 g/mol. The molecule has 132 valence electrons. The van der Waals surface area contributed by atoms with E-state index in [-0.39, 0.29) is 18.3 Å². The van der Waals surface area contributed by atoms with E-state index in [1.54, 1.807) is 0 Å². The van der Waals surface area contributed by atoms with E-state index >= 15 is 0 Å². The summed E-state index contributed by atoms with van der Waals surface area (Å²) < 4.78 is 12.5. The first-order valence-electron chi connectivity index (χ1n) is 9.33. The summed E-state index contributed by atoms with van der Waals surface area (Å²) in [6, 6.07) is 8.69. The molecule has 1 aliphatic heterocycles. The Balaban J connectivity index is 2.14. The van der Waals surface area contributed by atoms with Crippen molar-refractivity contribution in [1.82, 2.24) is 0 Å². The lowest BCUT2D eigenvalue weighted by molar-refractivity contribution is 0.00578. The molecule has 1 aromatic carbocycles. The van der Waals surface area contributed by atoms with Gasteiger partial charge in [-0.3, -0.25) is 0 Å². The molecular formula is C21H33BO2. The van der Waals surface area contributed by atoms with Gasteiger partial charge in [0.15, 0.2) is 0 Å². The highest BCUT2D eigenvalue weighted by atomic mass is 16.7. The van der Waals surface area contributed by atoms with Gasteiger partial charge < -0.3 is 9.31 Å². The zero-order valence-electron chi connectivity index (χ0n) is 16.3. The number of hydrogen-bond donors (Lipinski definition) is 0. The van der Waals surface area contributed by atoms with E-state index in [4.69, 9.17) is 9.31 Å². The van der Waals surface area contributed by atoms with Gasteiger partial charge in [0.05, 0.1) is 11.2 Å². The smallest absolute Gasteiger partial charge is 0.403 e. The minimum atomic E-state index is -0.258. The first-order valence-corrected chi connectivity index (χ1v) is 9.33. The molecule has 0 radical (unpaired) electrons. The fourth-order valence-electron chi connectivity index (χ4n) is 3.23. The van der Waals surface area contributed by atoms with Gasteiger partial charge >= 0.3 is 7.12 Å². The molecular weight excluding hydrogens is 295 g/mol. The van der Waals surface area contributed by atoms with Gasteiger partial charge in [-0.1, -0.05) is 49.8 Å². The number of rotatable bonds is 7. The predicted molar refractivity (Wildman–Crippen MR) is 103 cm³/mol. The van der Waals surface area contributed by atoms with E-state index in [1.807, 2.05) is 0 Å². The van der Waals surface area contributed by atoms with Crippen LogP contribution < -0.4 is 0 Å². The second-order valence-electron chi connectivity index (χ2n) is 7.97. The Kier molecular flexibility index (Phi) is 6.33. The zero-order valence-corrected chi connectivity index (χ0v) is 16.3. The molecule has 1 aromatic rings. The Morgan fingerprint density at radius 2 is 1.67 bits per heavy atom. The molecule has 0 bridgehead atoms. The molecule has 0 aliphatic carbocycles. The van der Waals surface area contributed by atoms with E-state index in [0.29, 0.717) is 5.92 Å². The normalized spacial score (nSPS) is 20.7. The van der Waals surface area contributed by atoms with Gasteiger partial charge in [0.1, 0.15) is 0 Å². The third-order valence-corrected chi connectivity index (χ3v) is 5.45. The number of unbranched alkanes of at least 4 members (excludes halogenated alkanes) is 1. The van der Waals surface area contributed by atoms with E-state index in [0.717, 1.165) is 19.2 Å². The number of aryl methyl sites for hydroxylation is 1. The van der Waals surface area contributed by atoms with Crippen molar-refractivity contribution in [2.75, 3.05) is 0 Å². The van der Waals surface area contributed by atoms with Crippen LogP contribution in [0.25, 0.3) is 0 Å². The molecule has 0 spiro atoms. The Hall–Kier alpha value is -1.06. The van der Waals surface area contributed by atoms with E-state index < -0.39 is 0 Å². The van der Waals surface area contributed by atoms with Crippen molar-refractivity contribution in [3.63, 3.8) is 0 Å². The number of benzene rings is 1. The van der Waals surface area contributed by atoms with Crippen LogP contribution in [0.15, 0.2) is 36.4 Å². The Morgan fingerprint density at radius 1 is 1.04 bits per heavy atom. The van der Waals surface area contributed by atoms with Crippen molar-refractivity contribution in [3.05, 3.63) is 47.5 Å². The lowest BCUT2D eigenvalue weighted by Gasteiger charge is -2.32. The molecule has 2 rings (SSSR count). The van der Waals surface area contributed by atoms with E-state index in [9.17, 15) is 0 Å². The van der Waals surface area contributed by atoms with Crippen molar-refractivity contribution >= 4 is 7.12 Å². The van der Waals surface area contributed by atoms with Gasteiger partial charge in [-0.05, 0) is 70.8 Å². The summed E-state index contributed by atoms with van der Waals surface area (Å²) in [4.78, 5) is 0. The summed E-state index contributed by atoms with van der Waals surface area (Å²) in [5.41, 5.74) is 2.24. The fourth-order valence-corrected chi connectivity index (χ4v) is 3.23. The summed E-state index contributed by atoms with van der Waals surface area (Å²) in [6.45, 7) is 12.9. The largest absolute Gasteiger partial charge is 0.458 e. The third-order valence-electron chi connectivity index (χ3n) is 5.45. The van der Waals surface area contributed by atoms with Crippen LogP contribution in [0.3, 0.4) is 0 Å². The van der Waals surface area contributed by atoms with Crippen LogP contribution >= 0.6 is 0 Å². The molecule has 0 unspecified atom stereocenters. The highest BCUT2D eigenvalue weighted by Gasteiger charge is 2.51. The molecule has 1 saturated heterocycles. The standard InChI is InChI=1S/C21H33BO2/c1-7-8-9-10-14-18(19-15-12-11-13-17(19)2)16-22-23-20(3,4)21(5,6)24-22/h9-13,15,18H,7-8,14,16H2,1-6H3/b10-9+/t18-/m1/s1. The minimum absolute atomic E-state index is 0.140. The molecule has 3 heteroatoms. The van der Waals surface area contributed by atoms with Crippen molar-refractivity contribution in [1.29, 1.82) is 0 Å². The first-order chi connectivity index (χ1) is 11.3. The molecule has 1 aliphatic rings. The average molecular weight is 328 g/mol. The summed E-state index contributed by atoms with van der Waals surface area (Å²) in [5.74, 6) is 0.425. The number of hydrogen-bond acceptors (Lipinski definition) is 2. The number of allylic oxidation sites excluding steroid dienone is 2. The van der Waals surface area contributed by atoms with Crippen molar-refractivity contribution < 1.29 is 9.31 Å². The van der Waals surface area contributed by atoms with Gasteiger partial charge in [0.25, 0.3) is 0 Å². The summed E-state index contributed by atoms with van der Waals surface area (Å²) >= 11 is 0. The maximum absolute atomic E-state index is 6.24. The Bertz CT molecular complexity index is 547. The molecule has 0 saturated carbocycles. The highest BCUT2D eigenvalue weighted by molar-refractivity contribution is 6.45. The first kappa shape index (κ1) is 19.3. The molecule has 2 nitrogen and oxygen atoms in total. The lowest BCUT2D eigenvalue weighted by Crippen LogP contribution is -2.41. The molecule has 0 aromatic heterocycles. The average Bonchev–Trinajstić information content (AvgIpc) is 2.70. The molecule has 1 heterocycles. The summed E-state index contributed by atoms with van der Waals surface area (Å²) in [6.07, 6.45) is 8.91. The van der Waals surface area contributed by atoms with Crippen LogP contribution in [0, 0.1) is 6.92 Å². The summed E-state index contributed by atoms with van der Waals surface area (Å²) in [7, 11) is -0.140. The third kappa shape index (κ3) is 4.52. The van der Waals surface area contributed by atoms with Crippen LogP contribution in [0.4, 0.5) is 0 Å². The second-order valence-corrected chi connectivity index (χ2v) is 7.97. The van der Waals surface area contributed by atoms with Gasteiger partial charge in [-0.25, -0.2) is 0 Å². The van der Waals surface area contributed by atoms with Crippen LogP contribution in [-0.4, -0.2) is 18.3 Å². The van der Waals surface area contributed by atoms with Gasteiger partial charge in [-0.2, -0.15) is 0 Å². The van der Waals surface area contributed by atoms with Crippen LogP contribution in [0.1, 0.15) is 70.9 Å². The molecule has 24 heavy (non-hydrogen) atoms. The highest BCUT2D eigenvalue weighted by Crippen LogP contribution is 2.40. The predicted octanol–water partition coefficient (Wildman–Crippen LogP) is 5.92. The topological polar surface area (TPSA) is 18.5 Å². The van der Waals surface area contributed by atoms with Crippen LogP contribution in [0.5, 0.6) is 0 Å². The van der Waals surface area contributed by atoms with Crippen molar-refractivity contribution in [2.45, 2.75) is 84.2 Å². The molecule has 1 atom stereocenters. The van der Waals surface area contributed by atoms with E-state index in [2.05, 4.69) is 78.0 Å². The molecule has 1 fully saturated rings. The quantitative estimate of drug-likeness (QED) is 0.457. The van der Waals surface area contributed by atoms with Crippen molar-refractivity contribution in [3.8, 4) is 0 Å². The molecule has 0 amide bonds. The Labute approximate surface area is 148 Å². The van der Waals surface area contributed by atoms with Gasteiger partial charge in [0.2, 0.25) is 0 Å². The van der Waals surface area contributed by atoms with Gasteiger partial charge in [0, 0.05) is 0 Å². The van der Waals surface area contributed by atoms with Crippen LogP contribution in [-0.2, 0) is 9.31 Å².